The van der Waals surface area contributed by atoms with Gasteiger partial charge in [0, 0.05) is 37.7 Å². The van der Waals surface area contributed by atoms with Crippen LogP contribution >= 0.6 is 11.6 Å². The molecule has 3 heterocycles. The molecule has 2 saturated heterocycles. The van der Waals surface area contributed by atoms with Crippen LogP contribution in [0.25, 0.3) is 0 Å². The molecular formula is C20H28ClN3O3. The molecule has 2 unspecified atom stereocenters. The minimum atomic E-state index is 0.0766. The van der Waals surface area contributed by atoms with E-state index in [0.717, 1.165) is 31.1 Å². The number of rotatable bonds is 1. The predicted molar refractivity (Wildman–Crippen MR) is 104 cm³/mol. The van der Waals surface area contributed by atoms with Gasteiger partial charge in [0.2, 0.25) is 0 Å². The summed E-state index contributed by atoms with van der Waals surface area (Å²) in [6, 6.07) is 4.31. The Hall–Kier alpha value is -1.34. The highest BCUT2D eigenvalue weighted by atomic mass is 35.5. The van der Waals surface area contributed by atoms with Crippen LogP contribution in [0.5, 0.6) is 0 Å². The molecule has 1 N–H and O–H groups in total. The summed E-state index contributed by atoms with van der Waals surface area (Å²) in [4.78, 5) is 17.0. The molecule has 0 aliphatic carbocycles. The van der Waals surface area contributed by atoms with Crippen molar-refractivity contribution in [3.8, 4) is 0 Å². The van der Waals surface area contributed by atoms with Gasteiger partial charge < -0.3 is 24.6 Å². The SMILES string of the molecule is CC1CN(C(=O)N2CCc3cc(Cl)cc([C@@H]4COCCN4)c3C2)CC(C)O1. The topological polar surface area (TPSA) is 54.0 Å². The molecule has 6 nitrogen and oxygen atoms in total. The zero-order valence-electron chi connectivity index (χ0n) is 16.0. The van der Waals surface area contributed by atoms with Crippen LogP contribution in [0, 0.1) is 0 Å². The Morgan fingerprint density at radius 1 is 1.22 bits per heavy atom. The molecular weight excluding hydrogens is 366 g/mol. The quantitative estimate of drug-likeness (QED) is 0.796. The van der Waals surface area contributed by atoms with Gasteiger partial charge in [0.15, 0.2) is 0 Å². The van der Waals surface area contributed by atoms with Gasteiger partial charge >= 0.3 is 6.03 Å². The summed E-state index contributed by atoms with van der Waals surface area (Å²) < 4.78 is 11.4. The molecule has 1 aromatic carbocycles. The third kappa shape index (κ3) is 4.09. The Kier molecular flexibility index (Phi) is 5.60. The van der Waals surface area contributed by atoms with Crippen LogP contribution in [0.2, 0.25) is 5.02 Å². The number of carbonyl (C=O) groups excluding carboxylic acids is 1. The van der Waals surface area contributed by atoms with Gasteiger partial charge in [0.25, 0.3) is 0 Å². The Bertz CT molecular complexity index is 698. The first-order valence-corrected chi connectivity index (χ1v) is 10.2. The number of amides is 2. The van der Waals surface area contributed by atoms with Gasteiger partial charge in [0.1, 0.15) is 0 Å². The largest absolute Gasteiger partial charge is 0.378 e. The minimum absolute atomic E-state index is 0.0766. The van der Waals surface area contributed by atoms with Crippen molar-refractivity contribution in [2.24, 2.45) is 0 Å². The zero-order chi connectivity index (χ0) is 19.0. The second-order valence-electron chi connectivity index (χ2n) is 7.83. The second kappa shape index (κ2) is 7.95. The molecule has 0 saturated carbocycles. The monoisotopic (exact) mass is 393 g/mol. The molecule has 0 spiro atoms. The van der Waals surface area contributed by atoms with E-state index in [1.54, 1.807) is 0 Å². The van der Waals surface area contributed by atoms with Crippen molar-refractivity contribution in [2.45, 2.75) is 45.1 Å². The van der Waals surface area contributed by atoms with Crippen LogP contribution in [0.15, 0.2) is 12.1 Å². The van der Waals surface area contributed by atoms with Crippen molar-refractivity contribution < 1.29 is 14.3 Å². The number of ether oxygens (including phenoxy) is 2. The summed E-state index contributed by atoms with van der Waals surface area (Å²) in [6.45, 7) is 8.90. The minimum Gasteiger partial charge on any atom is -0.378 e. The molecule has 148 valence electrons. The van der Waals surface area contributed by atoms with E-state index in [0.29, 0.717) is 26.2 Å². The molecule has 0 aromatic heterocycles. The van der Waals surface area contributed by atoms with Crippen molar-refractivity contribution in [3.05, 3.63) is 33.8 Å². The van der Waals surface area contributed by atoms with Gasteiger partial charge in [-0.15, -0.1) is 0 Å². The lowest BCUT2D eigenvalue weighted by Gasteiger charge is -2.40. The molecule has 3 aliphatic rings. The third-order valence-electron chi connectivity index (χ3n) is 5.60. The van der Waals surface area contributed by atoms with E-state index in [2.05, 4.69) is 5.32 Å². The van der Waals surface area contributed by atoms with Crippen molar-refractivity contribution >= 4 is 17.6 Å². The first kappa shape index (κ1) is 19.0. The van der Waals surface area contributed by atoms with Crippen molar-refractivity contribution in [1.82, 2.24) is 15.1 Å². The van der Waals surface area contributed by atoms with E-state index in [1.165, 1.54) is 16.7 Å². The van der Waals surface area contributed by atoms with Gasteiger partial charge in [-0.2, -0.15) is 0 Å². The highest BCUT2D eigenvalue weighted by Crippen LogP contribution is 2.32. The summed E-state index contributed by atoms with van der Waals surface area (Å²) >= 11 is 6.38. The van der Waals surface area contributed by atoms with Crippen LogP contribution in [-0.2, 0) is 22.4 Å². The summed E-state index contributed by atoms with van der Waals surface area (Å²) in [5.41, 5.74) is 3.63. The Morgan fingerprint density at radius 3 is 2.70 bits per heavy atom. The summed E-state index contributed by atoms with van der Waals surface area (Å²) in [6.07, 6.45) is 0.984. The summed E-state index contributed by atoms with van der Waals surface area (Å²) in [7, 11) is 0. The standard InChI is InChI=1S/C20H28ClN3O3/c1-13-9-24(10-14(2)27-13)20(25)23-5-3-15-7-16(21)8-17(18(15)11-23)19-12-26-6-4-22-19/h7-8,13-14,19,22H,3-6,9-12H2,1-2H3/t13?,14?,19-/m0/s1. The molecule has 7 heteroatoms. The number of urea groups is 1. The first-order chi connectivity index (χ1) is 13.0. The predicted octanol–water partition coefficient (Wildman–Crippen LogP) is 2.59. The molecule has 2 fully saturated rings. The van der Waals surface area contributed by atoms with Crippen molar-refractivity contribution in [2.75, 3.05) is 39.4 Å². The van der Waals surface area contributed by atoms with Gasteiger partial charge in [-0.1, -0.05) is 11.6 Å². The molecule has 3 atom stereocenters. The van der Waals surface area contributed by atoms with E-state index in [9.17, 15) is 4.79 Å². The van der Waals surface area contributed by atoms with Crippen molar-refractivity contribution in [3.63, 3.8) is 0 Å². The number of fused-ring (bicyclic) bond motifs is 1. The number of halogens is 1. The number of nitrogens with zero attached hydrogens (tertiary/aromatic N) is 2. The summed E-state index contributed by atoms with van der Waals surface area (Å²) in [5, 5.41) is 4.27. The molecule has 0 bridgehead atoms. The number of morpholine rings is 2. The highest BCUT2D eigenvalue weighted by Gasteiger charge is 2.32. The normalized spacial score (nSPS) is 28.8. The van der Waals surface area contributed by atoms with E-state index in [1.807, 2.05) is 35.8 Å². The first-order valence-electron chi connectivity index (χ1n) is 9.83. The molecule has 3 aliphatic heterocycles. The molecule has 1 aromatic rings. The molecule has 2 amide bonds. The smallest absolute Gasteiger partial charge is 0.320 e. The lowest BCUT2D eigenvalue weighted by atomic mass is 9.91. The van der Waals surface area contributed by atoms with Crippen LogP contribution in [-0.4, -0.2) is 67.4 Å². The number of nitrogens with one attached hydrogen (secondary N) is 1. The fourth-order valence-electron chi connectivity index (χ4n) is 4.43. The van der Waals surface area contributed by atoms with E-state index in [-0.39, 0.29) is 24.3 Å². The Morgan fingerprint density at radius 2 is 2.00 bits per heavy atom. The second-order valence-corrected chi connectivity index (χ2v) is 8.27. The average molecular weight is 394 g/mol. The fourth-order valence-corrected chi connectivity index (χ4v) is 4.68. The molecule has 27 heavy (non-hydrogen) atoms. The van der Waals surface area contributed by atoms with E-state index >= 15 is 0 Å². The van der Waals surface area contributed by atoms with Crippen LogP contribution in [0.3, 0.4) is 0 Å². The van der Waals surface area contributed by atoms with Gasteiger partial charge in [0.05, 0.1) is 31.5 Å². The van der Waals surface area contributed by atoms with E-state index in [4.69, 9.17) is 21.1 Å². The Balaban J connectivity index is 1.55. The third-order valence-corrected chi connectivity index (χ3v) is 5.82. The van der Waals surface area contributed by atoms with Crippen molar-refractivity contribution in [1.29, 1.82) is 0 Å². The maximum absolute atomic E-state index is 13.1. The van der Waals surface area contributed by atoms with Gasteiger partial charge in [-0.25, -0.2) is 4.79 Å². The lowest BCUT2D eigenvalue weighted by Crippen LogP contribution is -2.53. The maximum Gasteiger partial charge on any atom is 0.320 e. The number of benzene rings is 1. The highest BCUT2D eigenvalue weighted by molar-refractivity contribution is 6.30. The average Bonchev–Trinajstić information content (AvgIpc) is 2.66. The van der Waals surface area contributed by atoms with E-state index < -0.39 is 0 Å². The fraction of sp³-hybridized carbons (Fsp3) is 0.650. The number of carbonyl (C=O) groups is 1. The van der Waals surface area contributed by atoms with Crippen LogP contribution in [0.4, 0.5) is 4.79 Å². The maximum atomic E-state index is 13.1. The molecule has 4 rings (SSSR count). The number of hydrogen-bond acceptors (Lipinski definition) is 4. The molecule has 0 radical (unpaired) electrons. The van der Waals surface area contributed by atoms with Crippen LogP contribution < -0.4 is 5.32 Å². The number of hydrogen-bond donors (Lipinski definition) is 1. The van der Waals surface area contributed by atoms with Gasteiger partial charge in [-0.3, -0.25) is 0 Å². The lowest BCUT2D eigenvalue weighted by molar-refractivity contribution is -0.0585. The summed E-state index contributed by atoms with van der Waals surface area (Å²) in [5.74, 6) is 0. The Labute approximate surface area is 165 Å². The van der Waals surface area contributed by atoms with Gasteiger partial charge in [-0.05, 0) is 49.1 Å². The van der Waals surface area contributed by atoms with Crippen LogP contribution in [0.1, 0.15) is 36.6 Å². The zero-order valence-corrected chi connectivity index (χ0v) is 16.8.